The average molecular weight is 1120 g/mol. The number of carbonyl (C=O) groups excluding carboxylic acids is 1. The van der Waals surface area contributed by atoms with Crippen molar-refractivity contribution in [3.05, 3.63) is 131 Å². The van der Waals surface area contributed by atoms with E-state index in [4.69, 9.17) is 9.47 Å². The van der Waals surface area contributed by atoms with Crippen LogP contribution in [0.25, 0.3) is 43.2 Å². The molecule has 2 aliphatic carbocycles. The van der Waals surface area contributed by atoms with Crippen molar-refractivity contribution in [3.63, 3.8) is 0 Å². The Morgan fingerprint density at radius 3 is 1.38 bits per heavy atom. The fraction of sp³-hybridized carbons (Fsp3) is 0.340. The number of fused-ring (bicyclic) bond motifs is 2. The zero-order chi connectivity index (χ0) is 49.9. The van der Waals surface area contributed by atoms with E-state index in [-0.39, 0.29) is 81.5 Å². The molecule has 8 aromatic rings. The Morgan fingerprint density at radius 2 is 1.00 bits per heavy atom. The maximum Gasteiger partial charge on any atom is 0.434 e. The highest BCUT2D eigenvalue weighted by atomic mass is 35.5. The minimum absolute atomic E-state index is 0. The molecule has 2 saturated carbocycles. The molecule has 74 heavy (non-hydrogen) atoms. The number of ether oxygens (including phenoxy) is 2. The number of pyridine rings is 2. The van der Waals surface area contributed by atoms with Crippen LogP contribution in [0.1, 0.15) is 101 Å². The lowest BCUT2D eigenvalue weighted by molar-refractivity contribution is -0.178. The zero-order valence-electron chi connectivity index (χ0n) is 37.5. The first-order valence-electron chi connectivity index (χ1n) is 22.3. The number of hydrogen-bond donors (Lipinski definition) is 0. The van der Waals surface area contributed by atoms with Crippen molar-refractivity contribution in [1.82, 2.24) is 27.9 Å². The van der Waals surface area contributed by atoms with Crippen LogP contribution in [0.5, 0.6) is 0 Å². The number of carbonyl (C=O) groups is 1. The van der Waals surface area contributed by atoms with Crippen LogP contribution in [-0.4, -0.2) is 69.5 Å². The Kier molecular flexibility index (Phi) is 16.4. The van der Waals surface area contributed by atoms with Crippen LogP contribution in [0.3, 0.4) is 0 Å². The van der Waals surface area contributed by atoms with Gasteiger partial charge < -0.3 is 9.47 Å². The number of thiazole rings is 2. The molecule has 0 radical (unpaired) electrons. The SMILES string of the molecule is C.C.Cl.O=C1CCC(c2cnc3c(c2)c(-c2nc(C(F)(F)F)cs2)cn3S(=O)(=O)c2ccccc2)CC1.O=S(=O)(c1ccccc1)n1cc(-c2nc(C(F)(F)F)cs2)c2cc(C3CCC4(CC3)OCCO4)cnc21. The van der Waals surface area contributed by atoms with Gasteiger partial charge in [-0.1, -0.05) is 51.3 Å². The van der Waals surface area contributed by atoms with Gasteiger partial charge >= 0.3 is 12.4 Å². The van der Waals surface area contributed by atoms with Crippen LogP contribution in [-0.2, 0) is 46.7 Å². The van der Waals surface area contributed by atoms with Gasteiger partial charge in [0.1, 0.15) is 15.8 Å². The molecule has 3 aliphatic rings. The quantitative estimate of drug-likeness (QED) is 0.133. The summed E-state index contributed by atoms with van der Waals surface area (Å²) in [7, 11) is -8.11. The number of benzene rings is 2. The van der Waals surface area contributed by atoms with Crippen LogP contribution in [0.4, 0.5) is 26.3 Å². The van der Waals surface area contributed by atoms with Gasteiger partial charge in [-0.15, -0.1) is 35.1 Å². The molecule has 2 aromatic carbocycles. The van der Waals surface area contributed by atoms with E-state index in [2.05, 4.69) is 19.9 Å². The molecule has 0 bridgehead atoms. The van der Waals surface area contributed by atoms with Crippen molar-refractivity contribution in [2.75, 3.05) is 13.2 Å². The Bertz CT molecular complexity index is 3500. The number of hydrogen-bond acceptors (Lipinski definition) is 13. The number of rotatable bonds is 8. The van der Waals surface area contributed by atoms with Gasteiger partial charge in [-0.2, -0.15) is 26.3 Å². The second kappa shape index (κ2) is 21.6. The van der Waals surface area contributed by atoms with Gasteiger partial charge in [0.25, 0.3) is 20.0 Å². The van der Waals surface area contributed by atoms with Crippen LogP contribution in [0, 0.1) is 0 Å². The van der Waals surface area contributed by atoms with E-state index in [1.165, 1.54) is 36.7 Å². The molecular formula is C50H49ClF6N6O7S4. The lowest BCUT2D eigenvalue weighted by atomic mass is 9.81. The maximum absolute atomic E-state index is 13.5. The summed E-state index contributed by atoms with van der Waals surface area (Å²) in [6.45, 7) is 1.16. The molecule has 7 heterocycles. The molecule has 6 aromatic heterocycles. The van der Waals surface area contributed by atoms with Crippen molar-refractivity contribution in [2.45, 2.75) is 106 Å². The lowest BCUT2D eigenvalue weighted by Gasteiger charge is -2.35. The molecule has 24 heteroatoms. The van der Waals surface area contributed by atoms with Gasteiger partial charge in [0.2, 0.25) is 0 Å². The number of halogens is 7. The topological polar surface area (TPSA) is 165 Å². The Labute approximate surface area is 437 Å². The summed E-state index contributed by atoms with van der Waals surface area (Å²) in [5.74, 6) is -0.118. The normalized spacial score (nSPS) is 16.6. The molecule has 3 fully saturated rings. The number of alkyl halides is 6. The zero-order valence-corrected chi connectivity index (χ0v) is 41.6. The average Bonchev–Trinajstić information content (AvgIpc) is 4.22. The number of Topliss-reactive ketones (excluding diaryl/α,β-unsaturated/α-hetero) is 1. The summed E-state index contributed by atoms with van der Waals surface area (Å²) in [6, 6.07) is 19.2. The molecule has 0 amide bonds. The van der Waals surface area contributed by atoms with E-state index < -0.39 is 49.6 Å². The van der Waals surface area contributed by atoms with E-state index in [0.717, 1.165) is 78.2 Å². The summed E-state index contributed by atoms with van der Waals surface area (Å²) in [5.41, 5.74) is 0.467. The van der Waals surface area contributed by atoms with Crippen LogP contribution in [0.15, 0.2) is 118 Å². The summed E-state index contributed by atoms with van der Waals surface area (Å²) < 4.78 is 147. The van der Waals surface area contributed by atoms with Gasteiger partial charge in [-0.25, -0.2) is 44.7 Å². The van der Waals surface area contributed by atoms with E-state index in [1.54, 1.807) is 54.9 Å². The van der Waals surface area contributed by atoms with Crippen molar-refractivity contribution in [2.24, 2.45) is 0 Å². The highest BCUT2D eigenvalue weighted by molar-refractivity contribution is 7.90. The van der Waals surface area contributed by atoms with Gasteiger partial charge in [-0.05, 0) is 85.0 Å². The number of nitrogens with zero attached hydrogens (tertiary/aromatic N) is 6. The van der Waals surface area contributed by atoms with E-state index >= 15 is 0 Å². The molecule has 0 N–H and O–H groups in total. The molecule has 13 nitrogen and oxygen atoms in total. The minimum Gasteiger partial charge on any atom is -0.348 e. The number of ketones is 1. The molecule has 1 aliphatic heterocycles. The predicted octanol–water partition coefficient (Wildman–Crippen LogP) is 13.2. The summed E-state index contributed by atoms with van der Waals surface area (Å²) in [5, 5.41) is 2.81. The van der Waals surface area contributed by atoms with Crippen molar-refractivity contribution >= 4 is 83.0 Å². The Hall–Kier alpha value is -5.56. The third-order valence-electron chi connectivity index (χ3n) is 13.0. The van der Waals surface area contributed by atoms with Crippen molar-refractivity contribution in [3.8, 4) is 21.1 Å². The summed E-state index contributed by atoms with van der Waals surface area (Å²) in [4.78, 5) is 28.2. The van der Waals surface area contributed by atoms with Crippen LogP contribution < -0.4 is 0 Å². The molecule has 1 saturated heterocycles. The third-order valence-corrected chi connectivity index (χ3v) is 18.0. The fourth-order valence-electron chi connectivity index (χ4n) is 9.26. The first kappa shape index (κ1) is 56.2. The van der Waals surface area contributed by atoms with E-state index in [0.29, 0.717) is 55.2 Å². The summed E-state index contributed by atoms with van der Waals surface area (Å²) >= 11 is 1.61. The van der Waals surface area contributed by atoms with Gasteiger partial charge in [-0.3, -0.25) is 4.79 Å². The second-order valence-electron chi connectivity index (χ2n) is 17.4. The monoisotopic (exact) mass is 1120 g/mol. The predicted molar refractivity (Wildman–Crippen MR) is 273 cm³/mol. The molecule has 394 valence electrons. The fourth-order valence-corrected chi connectivity index (χ4v) is 13.7. The Morgan fingerprint density at radius 1 is 0.608 bits per heavy atom. The smallest absolute Gasteiger partial charge is 0.348 e. The van der Waals surface area contributed by atoms with Gasteiger partial charge in [0, 0.05) is 83.1 Å². The molecule has 11 rings (SSSR count). The molecule has 1 spiro atoms. The largest absolute Gasteiger partial charge is 0.434 e. The molecule has 0 atom stereocenters. The first-order valence-corrected chi connectivity index (χ1v) is 26.9. The van der Waals surface area contributed by atoms with Crippen molar-refractivity contribution in [1.29, 1.82) is 0 Å². The maximum atomic E-state index is 13.5. The highest BCUT2D eigenvalue weighted by Gasteiger charge is 2.41. The van der Waals surface area contributed by atoms with Gasteiger partial charge in [0.05, 0.1) is 23.0 Å². The van der Waals surface area contributed by atoms with Crippen LogP contribution in [0.2, 0.25) is 0 Å². The highest BCUT2D eigenvalue weighted by Crippen LogP contribution is 2.45. The summed E-state index contributed by atoms with van der Waals surface area (Å²) in [6.07, 6.45) is 1.91. The minimum atomic E-state index is -4.61. The molecular weight excluding hydrogens is 1070 g/mol. The van der Waals surface area contributed by atoms with Gasteiger partial charge in [0.15, 0.2) is 28.5 Å². The van der Waals surface area contributed by atoms with Crippen molar-refractivity contribution < 1.29 is 57.4 Å². The Balaban J connectivity index is 0.000000209. The second-order valence-corrected chi connectivity index (χ2v) is 22.7. The third kappa shape index (κ3) is 10.9. The van der Waals surface area contributed by atoms with E-state index in [1.807, 2.05) is 6.07 Å². The number of aromatic nitrogens is 6. The lowest BCUT2D eigenvalue weighted by Crippen LogP contribution is -2.34. The first-order chi connectivity index (χ1) is 33.8. The van der Waals surface area contributed by atoms with E-state index in [9.17, 15) is 48.0 Å². The standard InChI is InChI=1S/C25H22F3N3O4S2.C23H18F3N3O3S2.2CH4.ClH/c26-25(27,28)21-15-36-23(30-21)20-14-31(37(32,33)18-4-2-1-3-5-18)22-19(20)12-17(13-29-22)16-6-8-24(9-7-16)34-10-11-35-24;24-23(25,26)20-13-33-22(28-20)19-12-29(34(31,32)17-4-2-1-3-5-17)21-18(19)10-15(11-27-21)14-6-8-16(30)9-7-14;;;/h1-5,12-16H,6-11H2;1-5,10-14H,6-9H2;2*1H4;1H. The molecule has 0 unspecified atom stereocenters. The van der Waals surface area contributed by atoms with Crippen LogP contribution >= 0.6 is 35.1 Å².